The summed E-state index contributed by atoms with van der Waals surface area (Å²) in [6, 6.07) is 10.1. The summed E-state index contributed by atoms with van der Waals surface area (Å²) in [5.74, 6) is 0.0150. The van der Waals surface area contributed by atoms with Gasteiger partial charge in [-0.05, 0) is 12.5 Å². The van der Waals surface area contributed by atoms with Crippen molar-refractivity contribution in [2.24, 2.45) is 0 Å². The van der Waals surface area contributed by atoms with Gasteiger partial charge < -0.3 is 15.4 Å². The molecule has 2 rings (SSSR count). The molecule has 0 radical (unpaired) electrons. The van der Waals surface area contributed by atoms with Crippen LogP contribution < -0.4 is 10.6 Å². The predicted octanol–water partition coefficient (Wildman–Crippen LogP) is 1.46. The van der Waals surface area contributed by atoms with Gasteiger partial charge in [-0.2, -0.15) is 0 Å². The lowest BCUT2D eigenvalue weighted by atomic mass is 9.78. The first-order valence-electron chi connectivity index (χ1n) is 7.19. The van der Waals surface area contributed by atoms with E-state index in [9.17, 15) is 4.79 Å². The molecule has 1 aliphatic rings. The highest BCUT2D eigenvalue weighted by molar-refractivity contribution is 5.82. The molecule has 0 aliphatic carbocycles. The lowest BCUT2D eigenvalue weighted by Crippen LogP contribution is -2.55. The van der Waals surface area contributed by atoms with Crippen LogP contribution in [-0.2, 0) is 14.9 Å². The molecule has 0 bridgehead atoms. The number of morpholine rings is 1. The summed E-state index contributed by atoms with van der Waals surface area (Å²) in [5, 5.41) is 6.29. The maximum absolute atomic E-state index is 12.2. The van der Waals surface area contributed by atoms with Crippen LogP contribution in [0.5, 0.6) is 0 Å². The van der Waals surface area contributed by atoms with Crippen molar-refractivity contribution in [3.05, 3.63) is 35.9 Å². The van der Waals surface area contributed by atoms with Crippen molar-refractivity contribution in [1.82, 2.24) is 10.6 Å². The monoisotopic (exact) mass is 276 g/mol. The van der Waals surface area contributed by atoms with Crippen molar-refractivity contribution >= 4 is 5.91 Å². The van der Waals surface area contributed by atoms with Gasteiger partial charge in [-0.25, -0.2) is 0 Å². The van der Waals surface area contributed by atoms with E-state index in [0.717, 1.165) is 6.54 Å². The quantitative estimate of drug-likeness (QED) is 0.875. The summed E-state index contributed by atoms with van der Waals surface area (Å²) >= 11 is 0. The fourth-order valence-electron chi connectivity index (χ4n) is 2.35. The van der Waals surface area contributed by atoms with E-state index in [-0.39, 0.29) is 23.4 Å². The zero-order chi connectivity index (χ0) is 14.6. The SMILES string of the molecule is CC(NC(=O)C1COCCN1)C(C)(C)c1ccccc1. The summed E-state index contributed by atoms with van der Waals surface area (Å²) in [4.78, 5) is 12.2. The second-order valence-electron chi connectivity index (χ2n) is 5.90. The van der Waals surface area contributed by atoms with Gasteiger partial charge in [0.05, 0.1) is 13.2 Å². The Morgan fingerprint density at radius 2 is 2.10 bits per heavy atom. The summed E-state index contributed by atoms with van der Waals surface area (Å²) < 4.78 is 5.33. The second kappa shape index (κ2) is 6.37. The van der Waals surface area contributed by atoms with Gasteiger partial charge in [0.1, 0.15) is 6.04 Å². The van der Waals surface area contributed by atoms with E-state index in [1.807, 2.05) is 18.2 Å². The van der Waals surface area contributed by atoms with E-state index in [4.69, 9.17) is 4.74 Å². The normalized spacial score (nSPS) is 21.2. The standard InChI is InChI=1S/C16H24N2O2/c1-12(16(2,3)13-7-5-4-6-8-13)18-15(19)14-11-20-10-9-17-14/h4-8,12,14,17H,9-11H2,1-3H3,(H,18,19). The second-order valence-corrected chi connectivity index (χ2v) is 5.90. The highest BCUT2D eigenvalue weighted by atomic mass is 16.5. The molecule has 20 heavy (non-hydrogen) atoms. The summed E-state index contributed by atoms with van der Waals surface area (Å²) in [6.07, 6.45) is 0. The average molecular weight is 276 g/mol. The Morgan fingerprint density at radius 1 is 1.40 bits per heavy atom. The fraction of sp³-hybridized carbons (Fsp3) is 0.562. The molecule has 1 aromatic carbocycles. The molecule has 0 aromatic heterocycles. The Balaban J connectivity index is 1.99. The van der Waals surface area contributed by atoms with Gasteiger partial charge >= 0.3 is 0 Å². The molecule has 0 saturated carbocycles. The smallest absolute Gasteiger partial charge is 0.239 e. The minimum absolute atomic E-state index is 0.0150. The first kappa shape index (κ1) is 15.0. The Bertz CT molecular complexity index is 439. The third kappa shape index (κ3) is 3.38. The molecule has 2 unspecified atom stereocenters. The zero-order valence-corrected chi connectivity index (χ0v) is 12.5. The van der Waals surface area contributed by atoms with Gasteiger partial charge in [0.25, 0.3) is 0 Å². The largest absolute Gasteiger partial charge is 0.378 e. The van der Waals surface area contributed by atoms with Crippen LogP contribution in [0.4, 0.5) is 0 Å². The van der Waals surface area contributed by atoms with Crippen LogP contribution in [0.1, 0.15) is 26.3 Å². The maximum Gasteiger partial charge on any atom is 0.239 e. The molecule has 2 atom stereocenters. The minimum Gasteiger partial charge on any atom is -0.378 e. The molecule has 1 aromatic rings. The first-order valence-corrected chi connectivity index (χ1v) is 7.19. The molecule has 110 valence electrons. The number of ether oxygens (including phenoxy) is 1. The minimum atomic E-state index is -0.238. The summed E-state index contributed by atoms with van der Waals surface area (Å²) in [7, 11) is 0. The number of rotatable bonds is 4. The average Bonchev–Trinajstić information content (AvgIpc) is 2.49. The van der Waals surface area contributed by atoms with Crippen molar-refractivity contribution in [1.29, 1.82) is 0 Å². The molecular weight excluding hydrogens is 252 g/mol. The van der Waals surface area contributed by atoms with Crippen LogP contribution in [-0.4, -0.2) is 37.7 Å². The summed E-state index contributed by atoms with van der Waals surface area (Å²) in [5.41, 5.74) is 1.10. The van der Waals surface area contributed by atoms with Gasteiger partial charge in [-0.3, -0.25) is 4.79 Å². The highest BCUT2D eigenvalue weighted by Crippen LogP contribution is 2.26. The van der Waals surface area contributed by atoms with Crippen LogP contribution in [0, 0.1) is 0 Å². The topological polar surface area (TPSA) is 50.4 Å². The van der Waals surface area contributed by atoms with Crippen LogP contribution in [0.2, 0.25) is 0 Å². The molecule has 4 heteroatoms. The predicted molar refractivity (Wildman–Crippen MR) is 79.7 cm³/mol. The number of carbonyl (C=O) groups is 1. The molecule has 4 nitrogen and oxygen atoms in total. The molecular formula is C16H24N2O2. The fourth-order valence-corrected chi connectivity index (χ4v) is 2.35. The molecule has 1 aliphatic heterocycles. The van der Waals surface area contributed by atoms with E-state index in [2.05, 4.69) is 43.5 Å². The molecule has 0 spiro atoms. The van der Waals surface area contributed by atoms with Gasteiger partial charge in [-0.15, -0.1) is 0 Å². The first-order chi connectivity index (χ1) is 9.51. The van der Waals surface area contributed by atoms with Crippen LogP contribution in [0.25, 0.3) is 0 Å². The Labute approximate surface area is 120 Å². The van der Waals surface area contributed by atoms with Gasteiger partial charge in [0.2, 0.25) is 5.91 Å². The van der Waals surface area contributed by atoms with E-state index in [1.165, 1.54) is 5.56 Å². The Kier molecular flexibility index (Phi) is 4.78. The number of nitrogens with one attached hydrogen (secondary N) is 2. The number of hydrogen-bond acceptors (Lipinski definition) is 3. The van der Waals surface area contributed by atoms with Gasteiger partial charge in [0.15, 0.2) is 0 Å². The molecule has 1 saturated heterocycles. The third-order valence-corrected chi connectivity index (χ3v) is 4.20. The molecule has 1 fully saturated rings. The van der Waals surface area contributed by atoms with Crippen molar-refractivity contribution in [2.75, 3.05) is 19.8 Å². The number of amides is 1. The van der Waals surface area contributed by atoms with Crippen LogP contribution >= 0.6 is 0 Å². The van der Waals surface area contributed by atoms with Crippen molar-refractivity contribution in [3.8, 4) is 0 Å². The molecule has 1 amide bonds. The lowest BCUT2D eigenvalue weighted by Gasteiger charge is -2.34. The van der Waals surface area contributed by atoms with E-state index in [1.54, 1.807) is 0 Å². The maximum atomic E-state index is 12.2. The van der Waals surface area contributed by atoms with Gasteiger partial charge in [-0.1, -0.05) is 44.2 Å². The van der Waals surface area contributed by atoms with Crippen LogP contribution in [0.15, 0.2) is 30.3 Å². The van der Waals surface area contributed by atoms with E-state index in [0.29, 0.717) is 13.2 Å². The van der Waals surface area contributed by atoms with Crippen molar-refractivity contribution in [3.63, 3.8) is 0 Å². The molecule has 1 heterocycles. The number of carbonyl (C=O) groups excluding carboxylic acids is 1. The van der Waals surface area contributed by atoms with E-state index < -0.39 is 0 Å². The Morgan fingerprint density at radius 3 is 2.70 bits per heavy atom. The Hall–Kier alpha value is -1.39. The highest BCUT2D eigenvalue weighted by Gasteiger charge is 2.31. The lowest BCUT2D eigenvalue weighted by molar-refractivity contribution is -0.126. The van der Waals surface area contributed by atoms with Crippen molar-refractivity contribution < 1.29 is 9.53 Å². The number of hydrogen-bond donors (Lipinski definition) is 2. The van der Waals surface area contributed by atoms with Crippen LogP contribution in [0.3, 0.4) is 0 Å². The summed E-state index contributed by atoms with van der Waals surface area (Å²) in [6.45, 7) is 8.21. The number of benzene rings is 1. The molecule has 2 N–H and O–H groups in total. The van der Waals surface area contributed by atoms with Gasteiger partial charge in [0, 0.05) is 18.0 Å². The zero-order valence-electron chi connectivity index (χ0n) is 12.5. The third-order valence-electron chi connectivity index (χ3n) is 4.20. The van der Waals surface area contributed by atoms with Crippen molar-refractivity contribution in [2.45, 2.75) is 38.3 Å². The van der Waals surface area contributed by atoms with E-state index >= 15 is 0 Å².